The van der Waals surface area contributed by atoms with E-state index in [1.807, 2.05) is 0 Å². The van der Waals surface area contributed by atoms with Gasteiger partial charge >= 0.3 is 0 Å². The van der Waals surface area contributed by atoms with Gasteiger partial charge in [-0.15, -0.1) is 0 Å². The molecule has 1 aliphatic heterocycles. The van der Waals surface area contributed by atoms with Crippen molar-refractivity contribution in [1.29, 1.82) is 0 Å². The van der Waals surface area contributed by atoms with Gasteiger partial charge in [-0.05, 0) is 68.9 Å². The van der Waals surface area contributed by atoms with Gasteiger partial charge in [0.15, 0.2) is 0 Å². The summed E-state index contributed by atoms with van der Waals surface area (Å²) in [7, 11) is 0. The third-order valence-corrected chi connectivity index (χ3v) is 4.94. The molecule has 2 nitrogen and oxygen atoms in total. The van der Waals surface area contributed by atoms with E-state index in [1.165, 1.54) is 51.6 Å². The van der Waals surface area contributed by atoms with Gasteiger partial charge in [0, 0.05) is 13.2 Å². The Hall–Kier alpha value is -0.0800. The summed E-state index contributed by atoms with van der Waals surface area (Å²) in [5.41, 5.74) is 0. The Bertz CT molecular complexity index is 225. The van der Waals surface area contributed by atoms with Crippen molar-refractivity contribution in [3.05, 3.63) is 0 Å². The summed E-state index contributed by atoms with van der Waals surface area (Å²) < 4.78 is 5.72. The van der Waals surface area contributed by atoms with Crippen LogP contribution in [0.2, 0.25) is 0 Å². The van der Waals surface area contributed by atoms with Crippen LogP contribution in [0.3, 0.4) is 0 Å². The Morgan fingerprint density at radius 1 is 1.22 bits per heavy atom. The first-order chi connectivity index (χ1) is 8.81. The summed E-state index contributed by atoms with van der Waals surface area (Å²) >= 11 is 0. The molecule has 1 saturated carbocycles. The monoisotopic (exact) mass is 253 g/mol. The van der Waals surface area contributed by atoms with Crippen molar-refractivity contribution in [2.45, 2.75) is 52.4 Å². The molecule has 0 radical (unpaired) electrons. The quantitative estimate of drug-likeness (QED) is 0.758. The largest absolute Gasteiger partial charge is 0.381 e. The van der Waals surface area contributed by atoms with E-state index < -0.39 is 0 Å². The molecule has 18 heavy (non-hydrogen) atoms. The molecule has 0 aromatic carbocycles. The molecule has 2 aliphatic rings. The fourth-order valence-electron chi connectivity index (χ4n) is 3.89. The summed E-state index contributed by atoms with van der Waals surface area (Å²) in [5, 5.41) is 3.65. The Morgan fingerprint density at radius 3 is 2.83 bits per heavy atom. The number of hydrogen-bond acceptors (Lipinski definition) is 2. The zero-order valence-corrected chi connectivity index (χ0v) is 12.3. The summed E-state index contributed by atoms with van der Waals surface area (Å²) in [6.07, 6.45) is 8.24. The average molecular weight is 253 g/mol. The van der Waals surface area contributed by atoms with Gasteiger partial charge in [0.2, 0.25) is 0 Å². The van der Waals surface area contributed by atoms with Crippen LogP contribution in [0.4, 0.5) is 0 Å². The molecule has 2 heteroatoms. The molecule has 2 fully saturated rings. The molecule has 1 aliphatic carbocycles. The normalized spacial score (nSPS) is 37.7. The van der Waals surface area contributed by atoms with Crippen molar-refractivity contribution in [1.82, 2.24) is 5.32 Å². The summed E-state index contributed by atoms with van der Waals surface area (Å²) in [4.78, 5) is 0. The van der Waals surface area contributed by atoms with Crippen LogP contribution in [0.5, 0.6) is 0 Å². The predicted molar refractivity (Wildman–Crippen MR) is 76.7 cm³/mol. The zero-order chi connectivity index (χ0) is 12.8. The van der Waals surface area contributed by atoms with Crippen LogP contribution in [-0.4, -0.2) is 26.3 Å². The zero-order valence-electron chi connectivity index (χ0n) is 12.3. The third-order valence-electron chi connectivity index (χ3n) is 4.94. The maximum atomic E-state index is 5.72. The number of rotatable bonds is 5. The van der Waals surface area contributed by atoms with Crippen LogP contribution in [0, 0.1) is 23.7 Å². The van der Waals surface area contributed by atoms with Crippen molar-refractivity contribution < 1.29 is 4.74 Å². The molecule has 0 aromatic rings. The minimum Gasteiger partial charge on any atom is -0.381 e. The molecule has 0 bridgehead atoms. The highest BCUT2D eigenvalue weighted by molar-refractivity contribution is 4.85. The first kappa shape index (κ1) is 14.3. The highest BCUT2D eigenvalue weighted by atomic mass is 16.5. The molecule has 106 valence electrons. The Balaban J connectivity index is 1.87. The lowest BCUT2D eigenvalue weighted by Crippen LogP contribution is -2.39. The molecule has 1 N–H and O–H groups in total. The first-order valence-corrected chi connectivity index (χ1v) is 8.09. The van der Waals surface area contributed by atoms with Gasteiger partial charge in [-0.25, -0.2) is 0 Å². The van der Waals surface area contributed by atoms with Gasteiger partial charge in [-0.3, -0.25) is 0 Å². The van der Waals surface area contributed by atoms with Crippen molar-refractivity contribution in [3.8, 4) is 0 Å². The van der Waals surface area contributed by atoms with E-state index in [-0.39, 0.29) is 0 Å². The van der Waals surface area contributed by atoms with Gasteiger partial charge in [0.05, 0.1) is 0 Å². The topological polar surface area (TPSA) is 21.3 Å². The van der Waals surface area contributed by atoms with Crippen molar-refractivity contribution >= 4 is 0 Å². The Kier molecular flexibility index (Phi) is 5.97. The molecule has 0 aromatic heterocycles. The van der Waals surface area contributed by atoms with E-state index in [9.17, 15) is 0 Å². The average Bonchev–Trinajstić information content (AvgIpc) is 2.41. The smallest absolute Gasteiger partial charge is 0.0497 e. The molecule has 2 rings (SSSR count). The molecular formula is C16H31NO. The Morgan fingerprint density at radius 2 is 2.11 bits per heavy atom. The molecule has 0 spiro atoms. The van der Waals surface area contributed by atoms with Gasteiger partial charge < -0.3 is 10.1 Å². The second-order valence-electron chi connectivity index (χ2n) is 6.52. The van der Waals surface area contributed by atoms with E-state index in [2.05, 4.69) is 19.2 Å². The van der Waals surface area contributed by atoms with Crippen molar-refractivity contribution in [2.75, 3.05) is 26.3 Å². The van der Waals surface area contributed by atoms with Crippen molar-refractivity contribution in [2.24, 2.45) is 23.7 Å². The molecule has 1 saturated heterocycles. The fraction of sp³-hybridized carbons (Fsp3) is 1.00. The molecule has 4 atom stereocenters. The van der Waals surface area contributed by atoms with Crippen LogP contribution < -0.4 is 5.32 Å². The summed E-state index contributed by atoms with van der Waals surface area (Å²) in [6.45, 7) is 9.13. The standard InChI is InChI=1S/C16H31NO/c1-3-8-17-11-14-7-6-13(2)10-16(14)15-5-4-9-18-12-15/h13-17H,3-12H2,1-2H3. The number of ether oxygens (including phenoxy) is 1. The van der Waals surface area contributed by atoms with E-state index in [1.54, 1.807) is 0 Å². The number of hydrogen-bond donors (Lipinski definition) is 1. The second-order valence-corrected chi connectivity index (χ2v) is 6.52. The highest BCUT2D eigenvalue weighted by Crippen LogP contribution is 2.40. The lowest BCUT2D eigenvalue weighted by molar-refractivity contribution is -0.00129. The lowest BCUT2D eigenvalue weighted by Gasteiger charge is -2.41. The Labute approximate surface area is 113 Å². The second kappa shape index (κ2) is 7.49. The van der Waals surface area contributed by atoms with Crippen LogP contribution in [0.25, 0.3) is 0 Å². The molecular weight excluding hydrogens is 222 g/mol. The van der Waals surface area contributed by atoms with Crippen LogP contribution in [-0.2, 0) is 4.74 Å². The summed E-state index contributed by atoms with van der Waals surface area (Å²) in [6, 6.07) is 0. The van der Waals surface area contributed by atoms with E-state index >= 15 is 0 Å². The lowest BCUT2D eigenvalue weighted by atomic mass is 9.68. The predicted octanol–water partition coefficient (Wildman–Crippen LogP) is 3.47. The van der Waals surface area contributed by atoms with Gasteiger partial charge in [-0.2, -0.15) is 0 Å². The first-order valence-electron chi connectivity index (χ1n) is 8.09. The van der Waals surface area contributed by atoms with E-state index in [0.29, 0.717) is 0 Å². The van der Waals surface area contributed by atoms with Crippen LogP contribution >= 0.6 is 0 Å². The molecule has 1 heterocycles. The maximum Gasteiger partial charge on any atom is 0.0497 e. The molecule has 4 unspecified atom stereocenters. The molecule has 0 amide bonds. The van der Waals surface area contributed by atoms with E-state index in [4.69, 9.17) is 4.74 Å². The van der Waals surface area contributed by atoms with Gasteiger partial charge in [-0.1, -0.05) is 20.3 Å². The SMILES string of the molecule is CCCNCC1CCC(C)CC1C1CCCOC1. The van der Waals surface area contributed by atoms with Crippen molar-refractivity contribution in [3.63, 3.8) is 0 Å². The minimum absolute atomic E-state index is 0.843. The van der Waals surface area contributed by atoms with Gasteiger partial charge in [0.1, 0.15) is 0 Å². The minimum atomic E-state index is 0.843. The van der Waals surface area contributed by atoms with Crippen LogP contribution in [0.15, 0.2) is 0 Å². The maximum absolute atomic E-state index is 5.72. The highest BCUT2D eigenvalue weighted by Gasteiger charge is 2.34. The fourth-order valence-corrected chi connectivity index (χ4v) is 3.89. The van der Waals surface area contributed by atoms with Crippen LogP contribution in [0.1, 0.15) is 52.4 Å². The number of nitrogens with one attached hydrogen (secondary N) is 1. The van der Waals surface area contributed by atoms with Gasteiger partial charge in [0.25, 0.3) is 0 Å². The van der Waals surface area contributed by atoms with E-state index in [0.717, 1.165) is 36.9 Å². The third kappa shape index (κ3) is 3.96. The summed E-state index contributed by atoms with van der Waals surface area (Å²) in [5.74, 6) is 3.59.